The van der Waals surface area contributed by atoms with Crippen LogP contribution in [0, 0.1) is 6.92 Å². The van der Waals surface area contributed by atoms with Crippen molar-refractivity contribution < 1.29 is 4.79 Å². The normalized spacial score (nSPS) is 11.0. The number of nitrogens with one attached hydrogen (secondary N) is 1. The van der Waals surface area contributed by atoms with Gasteiger partial charge in [-0.2, -0.15) is 0 Å². The molecule has 0 atom stereocenters. The van der Waals surface area contributed by atoms with Crippen molar-refractivity contribution in [3.63, 3.8) is 0 Å². The van der Waals surface area contributed by atoms with Crippen LogP contribution in [0.2, 0.25) is 0 Å². The summed E-state index contributed by atoms with van der Waals surface area (Å²) in [5, 5.41) is 3.93. The van der Waals surface area contributed by atoms with Crippen molar-refractivity contribution in [2.45, 2.75) is 13.5 Å². The molecule has 1 N–H and O–H groups in total. The SMILES string of the molecule is Cc1cc(-c2nc3cccnc3s2)ccc1NC(=O)c1ccc(Cn2ccnc2)cc1. The zero-order valence-electron chi connectivity index (χ0n) is 16.8. The number of hydrogen-bond donors (Lipinski definition) is 1. The maximum atomic E-state index is 12.7. The summed E-state index contributed by atoms with van der Waals surface area (Å²) < 4.78 is 1.99. The van der Waals surface area contributed by atoms with Crippen LogP contribution >= 0.6 is 11.3 Å². The van der Waals surface area contributed by atoms with Gasteiger partial charge in [0, 0.05) is 41.9 Å². The van der Waals surface area contributed by atoms with Crippen LogP contribution in [-0.4, -0.2) is 25.4 Å². The average molecular weight is 426 g/mol. The van der Waals surface area contributed by atoms with Crippen molar-refractivity contribution >= 4 is 33.3 Å². The van der Waals surface area contributed by atoms with E-state index in [2.05, 4.69) is 20.3 Å². The second-order valence-corrected chi connectivity index (χ2v) is 8.24. The number of hydrogen-bond acceptors (Lipinski definition) is 5. The van der Waals surface area contributed by atoms with E-state index in [-0.39, 0.29) is 5.91 Å². The third-order valence-corrected chi connectivity index (χ3v) is 6.06. The van der Waals surface area contributed by atoms with Gasteiger partial charge in [-0.15, -0.1) is 0 Å². The first kappa shape index (κ1) is 19.1. The smallest absolute Gasteiger partial charge is 0.255 e. The quantitative estimate of drug-likeness (QED) is 0.422. The highest BCUT2D eigenvalue weighted by molar-refractivity contribution is 7.21. The molecule has 6 nitrogen and oxygen atoms in total. The van der Waals surface area contributed by atoms with E-state index < -0.39 is 0 Å². The minimum Gasteiger partial charge on any atom is -0.333 e. The number of anilines is 1. The molecule has 152 valence electrons. The van der Waals surface area contributed by atoms with E-state index in [0.717, 1.165) is 44.3 Å². The molecule has 5 aromatic rings. The Kier molecular flexibility index (Phi) is 5.01. The molecule has 1 amide bonds. The summed E-state index contributed by atoms with van der Waals surface area (Å²) in [6.07, 6.45) is 7.22. The molecule has 0 fully saturated rings. The lowest BCUT2D eigenvalue weighted by Gasteiger charge is -2.10. The van der Waals surface area contributed by atoms with Crippen molar-refractivity contribution in [1.29, 1.82) is 0 Å². The first-order valence-corrected chi connectivity index (χ1v) is 10.7. The van der Waals surface area contributed by atoms with Crippen molar-refractivity contribution in [3.8, 4) is 10.6 Å². The van der Waals surface area contributed by atoms with Gasteiger partial charge in [0.1, 0.15) is 15.4 Å². The lowest BCUT2D eigenvalue weighted by atomic mass is 10.1. The Morgan fingerprint density at radius 1 is 1.10 bits per heavy atom. The first-order valence-electron chi connectivity index (χ1n) is 9.84. The predicted molar refractivity (Wildman–Crippen MR) is 123 cm³/mol. The van der Waals surface area contributed by atoms with Gasteiger partial charge in [-0.1, -0.05) is 23.5 Å². The first-order chi connectivity index (χ1) is 15.2. The van der Waals surface area contributed by atoms with Crippen molar-refractivity contribution in [3.05, 3.63) is 96.2 Å². The summed E-state index contributed by atoms with van der Waals surface area (Å²) in [6.45, 7) is 2.71. The molecule has 0 unspecified atom stereocenters. The number of pyridine rings is 1. The number of nitrogens with zero attached hydrogens (tertiary/aromatic N) is 4. The Hall–Kier alpha value is -3.84. The van der Waals surface area contributed by atoms with E-state index >= 15 is 0 Å². The minimum absolute atomic E-state index is 0.130. The van der Waals surface area contributed by atoms with Gasteiger partial charge < -0.3 is 9.88 Å². The van der Waals surface area contributed by atoms with Crippen LogP contribution in [0.15, 0.2) is 79.5 Å². The number of imidazole rings is 1. The van der Waals surface area contributed by atoms with Gasteiger partial charge in [0.05, 0.1) is 6.33 Å². The van der Waals surface area contributed by atoms with Crippen molar-refractivity contribution in [2.75, 3.05) is 5.32 Å². The van der Waals surface area contributed by atoms with Crippen LogP contribution in [0.3, 0.4) is 0 Å². The highest BCUT2D eigenvalue weighted by Gasteiger charge is 2.11. The van der Waals surface area contributed by atoms with E-state index in [4.69, 9.17) is 0 Å². The number of aromatic nitrogens is 4. The number of amides is 1. The number of thiazole rings is 1. The molecule has 7 heteroatoms. The van der Waals surface area contributed by atoms with Crippen LogP contribution < -0.4 is 5.32 Å². The molecule has 0 aliphatic rings. The van der Waals surface area contributed by atoms with E-state index in [9.17, 15) is 4.79 Å². The summed E-state index contributed by atoms with van der Waals surface area (Å²) >= 11 is 1.56. The van der Waals surface area contributed by atoms with Gasteiger partial charge in [-0.3, -0.25) is 4.79 Å². The van der Waals surface area contributed by atoms with E-state index in [1.54, 1.807) is 30.1 Å². The third-order valence-electron chi connectivity index (χ3n) is 5.03. The Labute approximate surface area is 183 Å². The number of rotatable bonds is 5. The zero-order valence-corrected chi connectivity index (χ0v) is 17.6. The molecule has 0 aliphatic heterocycles. The van der Waals surface area contributed by atoms with E-state index in [0.29, 0.717) is 5.56 Å². The molecule has 5 rings (SSSR count). The van der Waals surface area contributed by atoms with E-state index in [1.807, 2.05) is 72.3 Å². The Bertz CT molecular complexity index is 1320. The zero-order chi connectivity index (χ0) is 21.2. The number of carbonyl (C=O) groups excluding carboxylic acids is 1. The van der Waals surface area contributed by atoms with Crippen LogP contribution in [0.1, 0.15) is 21.5 Å². The maximum Gasteiger partial charge on any atom is 0.255 e. The summed E-state index contributed by atoms with van der Waals surface area (Å²) in [5.74, 6) is -0.130. The monoisotopic (exact) mass is 425 g/mol. The van der Waals surface area contributed by atoms with Gasteiger partial charge in [0.2, 0.25) is 0 Å². The topological polar surface area (TPSA) is 72.7 Å². The lowest BCUT2D eigenvalue weighted by Crippen LogP contribution is -2.13. The highest BCUT2D eigenvalue weighted by atomic mass is 32.1. The second-order valence-electron chi connectivity index (χ2n) is 7.26. The van der Waals surface area contributed by atoms with Gasteiger partial charge in [0.15, 0.2) is 0 Å². The molecule has 3 heterocycles. The Morgan fingerprint density at radius 3 is 2.71 bits per heavy atom. The molecular weight excluding hydrogens is 406 g/mol. The van der Waals surface area contributed by atoms with E-state index in [1.165, 1.54) is 0 Å². The van der Waals surface area contributed by atoms with Crippen LogP contribution in [-0.2, 0) is 6.54 Å². The Morgan fingerprint density at radius 2 is 1.97 bits per heavy atom. The summed E-state index contributed by atoms with van der Waals surface area (Å²) in [7, 11) is 0. The number of fused-ring (bicyclic) bond motifs is 1. The Balaban J connectivity index is 1.31. The highest BCUT2D eigenvalue weighted by Crippen LogP contribution is 2.31. The molecule has 0 radical (unpaired) electrons. The molecule has 0 bridgehead atoms. The molecule has 0 aliphatic carbocycles. The molecule has 2 aromatic carbocycles. The largest absolute Gasteiger partial charge is 0.333 e. The summed E-state index contributed by atoms with van der Waals surface area (Å²) in [5.41, 5.74) is 5.41. The number of carbonyl (C=O) groups is 1. The van der Waals surface area contributed by atoms with Crippen molar-refractivity contribution in [1.82, 2.24) is 19.5 Å². The third kappa shape index (κ3) is 4.08. The summed E-state index contributed by atoms with van der Waals surface area (Å²) in [6, 6.07) is 17.4. The van der Waals surface area contributed by atoms with Crippen LogP contribution in [0.4, 0.5) is 5.69 Å². The average Bonchev–Trinajstić information content (AvgIpc) is 3.45. The number of aryl methyl sites for hydroxylation is 1. The van der Waals surface area contributed by atoms with Gasteiger partial charge in [-0.05, 0) is 60.5 Å². The fourth-order valence-corrected chi connectivity index (χ4v) is 4.28. The molecule has 0 saturated carbocycles. The summed E-state index contributed by atoms with van der Waals surface area (Å²) in [4.78, 5) is 26.7. The number of benzene rings is 2. The van der Waals surface area contributed by atoms with Gasteiger partial charge in [0.25, 0.3) is 5.91 Å². The lowest BCUT2D eigenvalue weighted by molar-refractivity contribution is 0.102. The predicted octanol–water partition coefficient (Wildman–Crippen LogP) is 5.16. The molecule has 31 heavy (non-hydrogen) atoms. The van der Waals surface area contributed by atoms with Crippen LogP contribution in [0.5, 0.6) is 0 Å². The van der Waals surface area contributed by atoms with Crippen LogP contribution in [0.25, 0.3) is 20.9 Å². The van der Waals surface area contributed by atoms with Gasteiger partial charge in [-0.25, -0.2) is 15.0 Å². The van der Waals surface area contributed by atoms with Gasteiger partial charge >= 0.3 is 0 Å². The second kappa shape index (κ2) is 8.12. The maximum absolute atomic E-state index is 12.7. The fraction of sp³-hybridized carbons (Fsp3) is 0.0833. The molecule has 0 saturated heterocycles. The molecule has 0 spiro atoms. The molecule has 3 aromatic heterocycles. The standard InChI is InChI=1S/C24H19N5OS/c1-16-13-19(23-28-21-3-2-10-26-24(21)31-23)8-9-20(16)27-22(30)18-6-4-17(5-7-18)14-29-12-11-25-15-29/h2-13,15H,14H2,1H3,(H,27,30). The molecular formula is C24H19N5OS. The fourth-order valence-electron chi connectivity index (χ4n) is 3.38. The van der Waals surface area contributed by atoms with Crippen molar-refractivity contribution in [2.24, 2.45) is 0 Å². The minimum atomic E-state index is -0.130.